The van der Waals surface area contributed by atoms with Crippen LogP contribution in [0.25, 0.3) is 0 Å². The second-order valence-electron chi connectivity index (χ2n) is 4.62. The maximum atomic E-state index is 12.2. The largest absolute Gasteiger partial charge is 0.482 e. The molecule has 1 atom stereocenters. The van der Waals surface area contributed by atoms with Gasteiger partial charge in [-0.25, -0.2) is 0 Å². The van der Waals surface area contributed by atoms with Gasteiger partial charge in [-0.3, -0.25) is 4.79 Å². The molecule has 0 radical (unpaired) electrons. The van der Waals surface area contributed by atoms with E-state index >= 15 is 0 Å². The van der Waals surface area contributed by atoms with E-state index in [1.807, 2.05) is 0 Å². The van der Waals surface area contributed by atoms with Crippen LogP contribution in [-0.4, -0.2) is 31.4 Å². The highest BCUT2D eigenvalue weighted by Crippen LogP contribution is 2.29. The quantitative estimate of drug-likeness (QED) is 0.564. The minimum absolute atomic E-state index is 0.0471. The Balaban J connectivity index is 2.75. The normalized spacial score (nSPS) is 12.6. The Morgan fingerprint density at radius 3 is 2.78 bits per heavy atom. The Morgan fingerprint density at radius 2 is 2.17 bits per heavy atom. The van der Waals surface area contributed by atoms with Gasteiger partial charge in [0.25, 0.3) is 5.91 Å². The third-order valence-electron chi connectivity index (χ3n) is 2.65. The van der Waals surface area contributed by atoms with Crippen molar-refractivity contribution in [2.75, 3.05) is 18.5 Å². The van der Waals surface area contributed by atoms with E-state index in [0.717, 1.165) is 0 Å². The van der Waals surface area contributed by atoms with Crippen molar-refractivity contribution >= 4 is 23.2 Å². The third kappa shape index (κ3) is 7.38. The molecule has 8 heteroatoms. The molecule has 0 spiro atoms. The Bertz CT molecular complexity index is 549. The molecule has 0 saturated carbocycles. The fraction of sp³-hybridized carbons (Fsp3) is 0.400. The van der Waals surface area contributed by atoms with Crippen LogP contribution in [0.2, 0.25) is 5.02 Å². The van der Waals surface area contributed by atoms with Crippen LogP contribution in [0.1, 0.15) is 13.3 Å². The van der Waals surface area contributed by atoms with Gasteiger partial charge in [0.15, 0.2) is 6.61 Å². The maximum absolute atomic E-state index is 12.2. The molecule has 0 saturated heterocycles. The van der Waals surface area contributed by atoms with Gasteiger partial charge in [0.05, 0.1) is 12.3 Å². The Labute approximate surface area is 137 Å². The molecule has 23 heavy (non-hydrogen) atoms. The summed E-state index contributed by atoms with van der Waals surface area (Å²) in [6, 6.07) is 3.93. The number of nitrogens with one attached hydrogen (secondary N) is 1. The Kier molecular flexibility index (Phi) is 7.38. The van der Waals surface area contributed by atoms with Crippen LogP contribution < -0.4 is 10.1 Å². The lowest BCUT2D eigenvalue weighted by molar-refractivity contribution is -0.153. The van der Waals surface area contributed by atoms with Gasteiger partial charge in [-0.05, 0) is 31.5 Å². The van der Waals surface area contributed by atoms with Crippen molar-refractivity contribution in [3.8, 4) is 5.75 Å². The fourth-order valence-corrected chi connectivity index (χ4v) is 1.70. The molecule has 0 heterocycles. The number of ether oxygens (including phenoxy) is 2. The fourth-order valence-electron chi connectivity index (χ4n) is 1.52. The van der Waals surface area contributed by atoms with E-state index in [9.17, 15) is 18.0 Å². The van der Waals surface area contributed by atoms with Crippen LogP contribution in [0.3, 0.4) is 0 Å². The number of amides is 1. The lowest BCUT2D eigenvalue weighted by atomic mass is 10.2. The van der Waals surface area contributed by atoms with Crippen LogP contribution in [0.4, 0.5) is 18.9 Å². The van der Waals surface area contributed by atoms with Crippen molar-refractivity contribution in [1.82, 2.24) is 0 Å². The van der Waals surface area contributed by atoms with Crippen molar-refractivity contribution in [3.63, 3.8) is 0 Å². The lowest BCUT2D eigenvalue weighted by Gasteiger charge is -2.16. The van der Waals surface area contributed by atoms with Gasteiger partial charge in [0, 0.05) is 5.02 Å². The van der Waals surface area contributed by atoms with Crippen molar-refractivity contribution in [1.29, 1.82) is 0 Å². The molecule has 1 aromatic carbocycles. The van der Waals surface area contributed by atoms with E-state index in [2.05, 4.69) is 16.6 Å². The van der Waals surface area contributed by atoms with Gasteiger partial charge < -0.3 is 14.8 Å². The first-order valence-corrected chi connectivity index (χ1v) is 7.13. The van der Waals surface area contributed by atoms with Crippen molar-refractivity contribution in [3.05, 3.63) is 35.9 Å². The average Bonchev–Trinajstić information content (AvgIpc) is 2.45. The van der Waals surface area contributed by atoms with E-state index < -0.39 is 24.8 Å². The topological polar surface area (TPSA) is 47.6 Å². The van der Waals surface area contributed by atoms with Gasteiger partial charge in [-0.15, -0.1) is 6.58 Å². The van der Waals surface area contributed by atoms with Crippen molar-refractivity contribution < 1.29 is 27.4 Å². The first kappa shape index (κ1) is 19.3. The summed E-state index contributed by atoms with van der Waals surface area (Å²) in [5, 5.41) is 2.70. The van der Waals surface area contributed by atoms with Gasteiger partial charge in [-0.1, -0.05) is 17.7 Å². The lowest BCUT2D eigenvalue weighted by Crippen LogP contribution is -2.28. The number of alkyl halides is 3. The SMILES string of the molecule is C=CCCOC(C)C(=O)Nc1cc(Cl)ccc1OCC(F)(F)F. The first-order valence-electron chi connectivity index (χ1n) is 6.75. The number of rotatable bonds is 8. The zero-order valence-electron chi connectivity index (χ0n) is 12.5. The summed E-state index contributed by atoms with van der Waals surface area (Å²) in [5.74, 6) is -0.647. The standard InChI is InChI=1S/C15H17ClF3NO3/c1-3-4-7-22-10(2)14(21)20-12-8-11(16)5-6-13(12)23-9-15(17,18)19/h3,5-6,8,10H,1,4,7,9H2,2H3,(H,20,21). The monoisotopic (exact) mass is 351 g/mol. The smallest absolute Gasteiger partial charge is 0.422 e. The van der Waals surface area contributed by atoms with Crippen LogP contribution in [-0.2, 0) is 9.53 Å². The molecule has 0 aromatic heterocycles. The summed E-state index contributed by atoms with van der Waals surface area (Å²) in [6.07, 6.45) is -3.05. The van der Waals surface area contributed by atoms with Crippen LogP contribution in [0, 0.1) is 0 Å². The highest BCUT2D eigenvalue weighted by atomic mass is 35.5. The number of carbonyl (C=O) groups is 1. The molecule has 128 valence electrons. The van der Waals surface area contributed by atoms with Gasteiger partial charge in [-0.2, -0.15) is 13.2 Å². The minimum atomic E-state index is -4.48. The second-order valence-corrected chi connectivity index (χ2v) is 5.06. The average molecular weight is 352 g/mol. The van der Waals surface area contributed by atoms with Gasteiger partial charge in [0.1, 0.15) is 11.9 Å². The van der Waals surface area contributed by atoms with Crippen LogP contribution in [0.5, 0.6) is 5.75 Å². The molecule has 0 aliphatic heterocycles. The molecule has 1 unspecified atom stereocenters. The minimum Gasteiger partial charge on any atom is -0.482 e. The summed E-state index contributed by atoms with van der Waals surface area (Å²) in [4.78, 5) is 12.0. The molecule has 1 N–H and O–H groups in total. The number of halogens is 4. The van der Waals surface area contributed by atoms with Gasteiger partial charge >= 0.3 is 6.18 Å². The third-order valence-corrected chi connectivity index (χ3v) is 2.88. The zero-order valence-corrected chi connectivity index (χ0v) is 13.2. The molecule has 0 fully saturated rings. The molecular weight excluding hydrogens is 335 g/mol. The predicted molar refractivity (Wildman–Crippen MR) is 81.9 cm³/mol. The number of carbonyl (C=O) groups excluding carboxylic acids is 1. The number of hydrogen-bond acceptors (Lipinski definition) is 3. The van der Waals surface area contributed by atoms with E-state index in [0.29, 0.717) is 13.0 Å². The first-order chi connectivity index (χ1) is 10.7. The van der Waals surface area contributed by atoms with E-state index in [1.54, 1.807) is 6.08 Å². The number of anilines is 1. The molecular formula is C15H17ClF3NO3. The van der Waals surface area contributed by atoms with Crippen LogP contribution >= 0.6 is 11.6 Å². The van der Waals surface area contributed by atoms with E-state index in [-0.39, 0.29) is 16.5 Å². The maximum Gasteiger partial charge on any atom is 0.422 e. The van der Waals surface area contributed by atoms with Crippen LogP contribution in [0.15, 0.2) is 30.9 Å². The summed E-state index contributed by atoms with van der Waals surface area (Å²) in [7, 11) is 0. The second kappa shape index (κ2) is 8.79. The van der Waals surface area contributed by atoms with E-state index in [1.165, 1.54) is 25.1 Å². The highest BCUT2D eigenvalue weighted by molar-refractivity contribution is 6.31. The summed E-state index contributed by atoms with van der Waals surface area (Å²) >= 11 is 5.80. The van der Waals surface area contributed by atoms with Crippen molar-refractivity contribution in [2.24, 2.45) is 0 Å². The molecule has 1 aromatic rings. The summed E-state index contributed by atoms with van der Waals surface area (Å²) in [5.41, 5.74) is 0.0471. The molecule has 0 aliphatic carbocycles. The summed E-state index contributed by atoms with van der Waals surface area (Å²) in [6.45, 7) is 3.90. The molecule has 0 bridgehead atoms. The molecule has 0 aliphatic rings. The highest BCUT2D eigenvalue weighted by Gasteiger charge is 2.29. The summed E-state index contributed by atoms with van der Waals surface area (Å²) < 4.78 is 46.7. The zero-order chi connectivity index (χ0) is 17.5. The predicted octanol–water partition coefficient (Wildman–Crippen LogP) is 4.20. The molecule has 1 amide bonds. The number of hydrogen-bond donors (Lipinski definition) is 1. The Hall–Kier alpha value is -1.73. The van der Waals surface area contributed by atoms with E-state index in [4.69, 9.17) is 16.3 Å². The van der Waals surface area contributed by atoms with Gasteiger partial charge in [0.2, 0.25) is 0 Å². The molecule has 1 rings (SSSR count). The molecule has 4 nitrogen and oxygen atoms in total. The Morgan fingerprint density at radius 1 is 1.48 bits per heavy atom. The number of benzene rings is 1. The van der Waals surface area contributed by atoms with Crippen molar-refractivity contribution in [2.45, 2.75) is 25.6 Å².